The van der Waals surface area contributed by atoms with Crippen molar-refractivity contribution in [2.45, 2.75) is 0 Å². The SMILES string of the molecule is O=C(O)c1cc(O)ccc1-c1ccc([O-])cc1. The van der Waals surface area contributed by atoms with Crippen LogP contribution in [0.3, 0.4) is 0 Å². The molecule has 0 aliphatic rings. The van der Waals surface area contributed by atoms with Gasteiger partial charge in [-0.15, -0.1) is 5.75 Å². The van der Waals surface area contributed by atoms with Gasteiger partial charge in [-0.2, -0.15) is 0 Å². The molecule has 0 saturated heterocycles. The van der Waals surface area contributed by atoms with Crippen molar-refractivity contribution in [1.82, 2.24) is 0 Å². The highest BCUT2D eigenvalue weighted by Gasteiger charge is 2.12. The van der Waals surface area contributed by atoms with Crippen molar-refractivity contribution in [3.63, 3.8) is 0 Å². The van der Waals surface area contributed by atoms with E-state index in [0.29, 0.717) is 11.1 Å². The second-order valence-corrected chi connectivity index (χ2v) is 3.56. The molecule has 0 fully saturated rings. The molecule has 0 unspecified atom stereocenters. The van der Waals surface area contributed by atoms with Crippen LogP contribution in [0, 0.1) is 0 Å². The Balaban J connectivity index is 2.58. The number of benzene rings is 2. The Morgan fingerprint density at radius 1 is 1.06 bits per heavy atom. The van der Waals surface area contributed by atoms with Gasteiger partial charge in [-0.1, -0.05) is 24.3 Å². The summed E-state index contributed by atoms with van der Waals surface area (Å²) in [7, 11) is 0. The van der Waals surface area contributed by atoms with Crippen molar-refractivity contribution in [1.29, 1.82) is 0 Å². The van der Waals surface area contributed by atoms with Gasteiger partial charge in [0.15, 0.2) is 0 Å². The molecule has 2 N–H and O–H groups in total. The lowest BCUT2D eigenvalue weighted by atomic mass is 9.99. The smallest absolute Gasteiger partial charge is 0.336 e. The highest BCUT2D eigenvalue weighted by molar-refractivity contribution is 5.96. The second kappa shape index (κ2) is 4.17. The lowest BCUT2D eigenvalue weighted by Crippen LogP contribution is -1.99. The largest absolute Gasteiger partial charge is 0.872 e. The molecule has 0 radical (unpaired) electrons. The first-order valence-corrected chi connectivity index (χ1v) is 4.91. The summed E-state index contributed by atoms with van der Waals surface area (Å²) in [5.74, 6) is -1.36. The Kier molecular flexibility index (Phi) is 2.70. The van der Waals surface area contributed by atoms with Gasteiger partial charge in [-0.3, -0.25) is 0 Å². The molecule has 4 nitrogen and oxygen atoms in total. The van der Waals surface area contributed by atoms with Gasteiger partial charge in [0.2, 0.25) is 0 Å². The number of carboxylic acid groups (broad SMARTS) is 1. The Bertz CT molecular complexity index is 558. The van der Waals surface area contributed by atoms with E-state index in [4.69, 9.17) is 5.11 Å². The molecule has 86 valence electrons. The molecular formula is C13H9O4-. The first kappa shape index (κ1) is 11.0. The number of carbonyl (C=O) groups is 1. The Morgan fingerprint density at radius 3 is 2.29 bits per heavy atom. The van der Waals surface area contributed by atoms with Gasteiger partial charge in [0.05, 0.1) is 5.56 Å². The van der Waals surface area contributed by atoms with E-state index in [1.165, 1.54) is 30.3 Å². The van der Waals surface area contributed by atoms with Crippen LogP contribution in [0.2, 0.25) is 0 Å². The molecule has 2 aromatic carbocycles. The van der Waals surface area contributed by atoms with Gasteiger partial charge in [-0.05, 0) is 29.3 Å². The van der Waals surface area contributed by atoms with Crippen LogP contribution in [0.4, 0.5) is 0 Å². The van der Waals surface area contributed by atoms with Crippen LogP contribution in [0.25, 0.3) is 11.1 Å². The standard InChI is InChI=1S/C13H10O4/c14-9-3-1-8(2-4-9)11-6-5-10(15)7-12(11)13(16)17/h1-7,14-15H,(H,16,17)/p-1. The van der Waals surface area contributed by atoms with Gasteiger partial charge in [0.1, 0.15) is 5.75 Å². The summed E-state index contributed by atoms with van der Waals surface area (Å²) in [5, 5.41) is 29.3. The average Bonchev–Trinajstić information content (AvgIpc) is 2.30. The van der Waals surface area contributed by atoms with Crippen molar-refractivity contribution in [2.75, 3.05) is 0 Å². The Morgan fingerprint density at radius 2 is 1.71 bits per heavy atom. The molecule has 0 bridgehead atoms. The van der Waals surface area contributed by atoms with Crippen molar-refractivity contribution >= 4 is 5.97 Å². The Labute approximate surface area is 97.4 Å². The number of aromatic hydroxyl groups is 1. The zero-order valence-corrected chi connectivity index (χ0v) is 8.75. The van der Waals surface area contributed by atoms with Crippen LogP contribution in [0.5, 0.6) is 11.5 Å². The summed E-state index contributed by atoms with van der Waals surface area (Å²) in [5.41, 5.74) is 1.10. The lowest BCUT2D eigenvalue weighted by molar-refractivity contribution is -0.268. The minimum absolute atomic E-state index is 0.00338. The van der Waals surface area contributed by atoms with E-state index >= 15 is 0 Å². The number of hydrogen-bond acceptors (Lipinski definition) is 3. The van der Waals surface area contributed by atoms with Gasteiger partial charge in [0.25, 0.3) is 0 Å². The lowest BCUT2D eigenvalue weighted by Gasteiger charge is -2.09. The molecule has 0 amide bonds. The summed E-state index contributed by atoms with van der Waals surface area (Å²) in [6, 6.07) is 9.96. The zero-order chi connectivity index (χ0) is 12.4. The van der Waals surface area contributed by atoms with E-state index in [9.17, 15) is 15.0 Å². The zero-order valence-electron chi connectivity index (χ0n) is 8.75. The molecule has 0 aliphatic heterocycles. The fraction of sp³-hybridized carbons (Fsp3) is 0. The van der Waals surface area contributed by atoms with Gasteiger partial charge in [-0.25, -0.2) is 4.79 Å². The number of aromatic carboxylic acids is 1. The van der Waals surface area contributed by atoms with Gasteiger partial charge in [0, 0.05) is 0 Å². The molecule has 17 heavy (non-hydrogen) atoms. The van der Waals surface area contributed by atoms with E-state index in [1.807, 2.05) is 0 Å². The second-order valence-electron chi connectivity index (χ2n) is 3.56. The fourth-order valence-corrected chi connectivity index (χ4v) is 1.60. The van der Waals surface area contributed by atoms with E-state index in [-0.39, 0.29) is 17.1 Å². The van der Waals surface area contributed by atoms with Crippen molar-refractivity contribution in [3.05, 3.63) is 48.0 Å². The number of hydrogen-bond donors (Lipinski definition) is 2. The first-order chi connectivity index (χ1) is 8.08. The van der Waals surface area contributed by atoms with Crippen molar-refractivity contribution < 1.29 is 20.1 Å². The highest BCUT2D eigenvalue weighted by atomic mass is 16.4. The third-order valence-electron chi connectivity index (χ3n) is 2.40. The maximum absolute atomic E-state index is 11.0. The quantitative estimate of drug-likeness (QED) is 0.823. The minimum atomic E-state index is -1.12. The first-order valence-electron chi connectivity index (χ1n) is 4.91. The van der Waals surface area contributed by atoms with Crippen LogP contribution in [0.1, 0.15) is 10.4 Å². The Hall–Kier alpha value is -2.49. The van der Waals surface area contributed by atoms with Gasteiger partial charge < -0.3 is 15.3 Å². The molecular weight excluding hydrogens is 220 g/mol. The molecule has 2 aromatic rings. The summed E-state index contributed by atoms with van der Waals surface area (Å²) in [6.07, 6.45) is 0. The van der Waals surface area contributed by atoms with E-state index < -0.39 is 5.97 Å². The molecule has 0 atom stereocenters. The third kappa shape index (κ3) is 2.20. The number of rotatable bonds is 2. The molecule has 2 rings (SSSR count). The summed E-state index contributed by atoms with van der Waals surface area (Å²) >= 11 is 0. The van der Waals surface area contributed by atoms with E-state index in [1.54, 1.807) is 12.1 Å². The summed E-state index contributed by atoms with van der Waals surface area (Å²) < 4.78 is 0. The van der Waals surface area contributed by atoms with Gasteiger partial charge >= 0.3 is 5.97 Å². The third-order valence-corrected chi connectivity index (χ3v) is 2.40. The average molecular weight is 229 g/mol. The predicted octanol–water partition coefficient (Wildman–Crippen LogP) is 1.83. The number of phenols is 1. The fourth-order valence-electron chi connectivity index (χ4n) is 1.60. The molecule has 0 aliphatic carbocycles. The molecule has 0 aromatic heterocycles. The normalized spacial score (nSPS) is 10.1. The van der Waals surface area contributed by atoms with Crippen LogP contribution < -0.4 is 5.11 Å². The number of phenolic OH excluding ortho intramolecular Hbond substituents is 1. The predicted molar refractivity (Wildman–Crippen MR) is 59.9 cm³/mol. The van der Waals surface area contributed by atoms with Crippen LogP contribution >= 0.6 is 0 Å². The van der Waals surface area contributed by atoms with E-state index in [2.05, 4.69) is 0 Å². The summed E-state index contributed by atoms with van der Waals surface area (Å²) in [4.78, 5) is 11.0. The molecule has 0 spiro atoms. The monoisotopic (exact) mass is 229 g/mol. The van der Waals surface area contributed by atoms with Crippen LogP contribution in [-0.2, 0) is 0 Å². The maximum Gasteiger partial charge on any atom is 0.336 e. The summed E-state index contributed by atoms with van der Waals surface area (Å²) in [6.45, 7) is 0. The van der Waals surface area contributed by atoms with Crippen molar-refractivity contribution in [2.24, 2.45) is 0 Å². The number of carboxylic acids is 1. The van der Waals surface area contributed by atoms with Crippen LogP contribution in [-0.4, -0.2) is 16.2 Å². The van der Waals surface area contributed by atoms with Crippen LogP contribution in [0.15, 0.2) is 42.5 Å². The topological polar surface area (TPSA) is 80.6 Å². The van der Waals surface area contributed by atoms with E-state index in [0.717, 1.165) is 0 Å². The van der Waals surface area contributed by atoms with Crippen molar-refractivity contribution in [3.8, 4) is 22.6 Å². The highest BCUT2D eigenvalue weighted by Crippen LogP contribution is 2.27. The molecule has 0 heterocycles. The maximum atomic E-state index is 11.0. The molecule has 4 heteroatoms. The minimum Gasteiger partial charge on any atom is -0.872 e. The molecule has 0 saturated carbocycles.